The van der Waals surface area contributed by atoms with E-state index in [1.165, 1.54) is 24.4 Å². The van der Waals surface area contributed by atoms with Gasteiger partial charge < -0.3 is 5.32 Å². The smallest absolute Gasteiger partial charge is 0.262 e. The third-order valence-corrected chi connectivity index (χ3v) is 3.54. The van der Waals surface area contributed by atoms with Crippen molar-refractivity contribution in [3.8, 4) is 0 Å². The van der Waals surface area contributed by atoms with Crippen LogP contribution in [0.15, 0.2) is 59.7 Å². The molecule has 0 spiro atoms. The number of rotatable bonds is 6. The first kappa shape index (κ1) is 18.3. The number of benzene rings is 2. The van der Waals surface area contributed by atoms with Gasteiger partial charge >= 0.3 is 0 Å². The van der Waals surface area contributed by atoms with Crippen LogP contribution < -0.4 is 10.7 Å². The Bertz CT molecular complexity index is 760. The molecule has 130 valence electrons. The zero-order chi connectivity index (χ0) is 18.2. The van der Waals surface area contributed by atoms with Crippen LogP contribution >= 0.6 is 0 Å². The lowest BCUT2D eigenvalue weighted by Crippen LogP contribution is -2.48. The summed E-state index contributed by atoms with van der Waals surface area (Å²) in [7, 11) is 0. The fourth-order valence-electron chi connectivity index (χ4n) is 2.18. The number of amides is 2. The molecule has 0 aliphatic rings. The van der Waals surface area contributed by atoms with Crippen LogP contribution in [0.25, 0.3) is 0 Å². The SMILES string of the molecule is CC(C)C(NC(=O)c1ccccc1F)C(=O)N/N=C/c1ccccc1. The van der Waals surface area contributed by atoms with E-state index in [-0.39, 0.29) is 11.5 Å². The molecule has 0 fully saturated rings. The summed E-state index contributed by atoms with van der Waals surface area (Å²) in [5, 5.41) is 6.45. The van der Waals surface area contributed by atoms with Gasteiger partial charge in [-0.1, -0.05) is 56.3 Å². The maximum Gasteiger partial charge on any atom is 0.262 e. The highest BCUT2D eigenvalue weighted by Crippen LogP contribution is 2.09. The van der Waals surface area contributed by atoms with Crippen molar-refractivity contribution < 1.29 is 14.0 Å². The van der Waals surface area contributed by atoms with Crippen LogP contribution in [-0.4, -0.2) is 24.1 Å². The van der Waals surface area contributed by atoms with E-state index in [1.807, 2.05) is 30.3 Å². The average molecular weight is 341 g/mol. The summed E-state index contributed by atoms with van der Waals surface area (Å²) in [5.74, 6) is -1.93. The lowest BCUT2D eigenvalue weighted by atomic mass is 10.0. The Morgan fingerprint density at radius 3 is 2.32 bits per heavy atom. The van der Waals surface area contributed by atoms with E-state index in [0.717, 1.165) is 5.56 Å². The van der Waals surface area contributed by atoms with E-state index in [1.54, 1.807) is 19.9 Å². The highest BCUT2D eigenvalue weighted by atomic mass is 19.1. The molecule has 0 bridgehead atoms. The molecule has 2 N–H and O–H groups in total. The van der Waals surface area contributed by atoms with Crippen LogP contribution in [0.1, 0.15) is 29.8 Å². The molecule has 1 atom stereocenters. The minimum absolute atomic E-state index is 0.103. The number of carbonyl (C=O) groups excluding carboxylic acids is 2. The van der Waals surface area contributed by atoms with E-state index in [9.17, 15) is 14.0 Å². The highest BCUT2D eigenvalue weighted by molar-refractivity contribution is 5.98. The average Bonchev–Trinajstić information content (AvgIpc) is 2.60. The largest absolute Gasteiger partial charge is 0.340 e. The van der Waals surface area contributed by atoms with Gasteiger partial charge in [-0.25, -0.2) is 9.82 Å². The molecule has 1 unspecified atom stereocenters. The highest BCUT2D eigenvalue weighted by Gasteiger charge is 2.25. The summed E-state index contributed by atoms with van der Waals surface area (Å²) in [4.78, 5) is 24.5. The molecule has 2 aromatic carbocycles. The standard InChI is InChI=1S/C19H20FN3O2/c1-13(2)17(22-18(24)15-10-6-7-11-16(15)20)19(25)23-21-12-14-8-4-3-5-9-14/h3-13,17H,1-2H3,(H,22,24)(H,23,25)/b21-12+. The molecule has 5 nitrogen and oxygen atoms in total. The van der Waals surface area contributed by atoms with Crippen molar-refractivity contribution in [2.45, 2.75) is 19.9 Å². The van der Waals surface area contributed by atoms with Gasteiger partial charge in [-0.3, -0.25) is 9.59 Å². The third-order valence-electron chi connectivity index (χ3n) is 3.54. The maximum atomic E-state index is 13.7. The van der Waals surface area contributed by atoms with Crippen LogP contribution in [0.4, 0.5) is 4.39 Å². The molecule has 0 saturated carbocycles. The fraction of sp³-hybridized carbons (Fsp3) is 0.211. The first-order valence-corrected chi connectivity index (χ1v) is 7.92. The molecular formula is C19H20FN3O2. The second kappa shape index (κ2) is 8.73. The molecule has 0 saturated heterocycles. The Labute approximate surface area is 145 Å². The molecule has 25 heavy (non-hydrogen) atoms. The normalized spacial score (nSPS) is 12.2. The Hall–Kier alpha value is -3.02. The number of hydrazone groups is 1. The molecule has 6 heteroatoms. The summed E-state index contributed by atoms with van der Waals surface area (Å²) < 4.78 is 13.7. The van der Waals surface area contributed by atoms with Gasteiger partial charge in [-0.05, 0) is 23.6 Å². The van der Waals surface area contributed by atoms with Crippen molar-refractivity contribution in [2.24, 2.45) is 11.0 Å². The Kier molecular flexibility index (Phi) is 6.39. The maximum absolute atomic E-state index is 13.7. The lowest BCUT2D eigenvalue weighted by Gasteiger charge is -2.20. The minimum Gasteiger partial charge on any atom is -0.340 e. The van der Waals surface area contributed by atoms with E-state index in [2.05, 4.69) is 15.8 Å². The molecule has 2 rings (SSSR count). The first-order valence-electron chi connectivity index (χ1n) is 7.92. The second-order valence-electron chi connectivity index (χ2n) is 5.82. The van der Waals surface area contributed by atoms with E-state index < -0.39 is 23.7 Å². The summed E-state index contributed by atoms with van der Waals surface area (Å²) in [5.41, 5.74) is 3.14. The zero-order valence-electron chi connectivity index (χ0n) is 14.1. The summed E-state index contributed by atoms with van der Waals surface area (Å²) >= 11 is 0. The van der Waals surface area contributed by atoms with Crippen molar-refractivity contribution in [1.82, 2.24) is 10.7 Å². The summed E-state index contributed by atoms with van der Waals surface area (Å²) in [6.45, 7) is 3.57. The Balaban J connectivity index is 2.02. The van der Waals surface area contributed by atoms with Gasteiger partial charge in [0.2, 0.25) is 0 Å². The number of hydrogen-bond acceptors (Lipinski definition) is 3. The molecule has 0 aliphatic heterocycles. The zero-order valence-corrected chi connectivity index (χ0v) is 14.1. The fourth-order valence-corrected chi connectivity index (χ4v) is 2.18. The van der Waals surface area contributed by atoms with Gasteiger partial charge in [0, 0.05) is 0 Å². The predicted octanol–water partition coefficient (Wildman–Crippen LogP) is 2.73. The third kappa shape index (κ3) is 5.24. The Morgan fingerprint density at radius 2 is 1.68 bits per heavy atom. The number of nitrogens with one attached hydrogen (secondary N) is 2. The van der Waals surface area contributed by atoms with Crippen molar-refractivity contribution >= 4 is 18.0 Å². The van der Waals surface area contributed by atoms with Crippen molar-refractivity contribution in [3.05, 3.63) is 71.5 Å². The number of nitrogens with zero attached hydrogens (tertiary/aromatic N) is 1. The number of hydrogen-bond donors (Lipinski definition) is 2. The quantitative estimate of drug-likeness (QED) is 0.626. The van der Waals surface area contributed by atoms with Gasteiger partial charge in [-0.15, -0.1) is 0 Å². The van der Waals surface area contributed by atoms with E-state index in [0.29, 0.717) is 0 Å². The number of halogens is 1. The molecule has 0 heterocycles. The van der Waals surface area contributed by atoms with Crippen molar-refractivity contribution in [3.63, 3.8) is 0 Å². The van der Waals surface area contributed by atoms with Crippen molar-refractivity contribution in [2.75, 3.05) is 0 Å². The molecule has 0 aromatic heterocycles. The van der Waals surface area contributed by atoms with Crippen LogP contribution in [0, 0.1) is 11.7 Å². The lowest BCUT2D eigenvalue weighted by molar-refractivity contribution is -0.123. The van der Waals surface area contributed by atoms with E-state index >= 15 is 0 Å². The molecule has 0 aliphatic carbocycles. The van der Waals surface area contributed by atoms with Crippen molar-refractivity contribution in [1.29, 1.82) is 0 Å². The van der Waals surface area contributed by atoms with Crippen LogP contribution in [0.2, 0.25) is 0 Å². The number of carbonyl (C=O) groups is 2. The topological polar surface area (TPSA) is 70.6 Å². The van der Waals surface area contributed by atoms with Gasteiger partial charge in [0.05, 0.1) is 11.8 Å². The van der Waals surface area contributed by atoms with Crippen LogP contribution in [0.5, 0.6) is 0 Å². The second-order valence-corrected chi connectivity index (χ2v) is 5.82. The summed E-state index contributed by atoms with van der Waals surface area (Å²) in [6.07, 6.45) is 1.51. The first-order chi connectivity index (χ1) is 12.0. The molecule has 0 radical (unpaired) electrons. The van der Waals surface area contributed by atoms with E-state index in [4.69, 9.17) is 0 Å². The minimum atomic E-state index is -0.833. The van der Waals surface area contributed by atoms with Gasteiger partial charge in [0.25, 0.3) is 11.8 Å². The Morgan fingerprint density at radius 1 is 1.04 bits per heavy atom. The molecule has 2 amide bonds. The summed E-state index contributed by atoms with van der Waals surface area (Å²) in [6, 6.07) is 14.1. The molecule has 2 aromatic rings. The van der Waals surface area contributed by atoms with Crippen LogP contribution in [-0.2, 0) is 4.79 Å². The van der Waals surface area contributed by atoms with Crippen LogP contribution in [0.3, 0.4) is 0 Å². The van der Waals surface area contributed by atoms with Gasteiger partial charge in [0.1, 0.15) is 11.9 Å². The monoisotopic (exact) mass is 341 g/mol. The van der Waals surface area contributed by atoms with Gasteiger partial charge in [-0.2, -0.15) is 5.10 Å². The molecular weight excluding hydrogens is 321 g/mol. The predicted molar refractivity (Wildman–Crippen MR) is 94.7 cm³/mol. The van der Waals surface area contributed by atoms with Gasteiger partial charge in [0.15, 0.2) is 0 Å².